The van der Waals surface area contributed by atoms with E-state index in [4.69, 9.17) is 0 Å². The quantitative estimate of drug-likeness (QED) is 0.656. The average molecular weight is 405 g/mol. The van der Waals surface area contributed by atoms with Gasteiger partial charge in [-0.2, -0.15) is 5.26 Å². The standard InChI is InChI=1S/C23H24N4OS/c1-17-8-9-18(2)27(17)23-20(10-15-29-23)22(28)26-13-11-25(12-14-26)21(16-24)19-6-4-3-5-7-19/h3-10,15,21H,11-14H2,1-2H3. The van der Waals surface area contributed by atoms with Crippen molar-refractivity contribution < 1.29 is 4.79 Å². The average Bonchev–Trinajstić information content (AvgIpc) is 3.35. The summed E-state index contributed by atoms with van der Waals surface area (Å²) in [6.07, 6.45) is 0. The van der Waals surface area contributed by atoms with Gasteiger partial charge in [0.2, 0.25) is 0 Å². The number of carbonyl (C=O) groups excluding carboxylic acids is 1. The summed E-state index contributed by atoms with van der Waals surface area (Å²) < 4.78 is 2.15. The molecule has 0 spiro atoms. The molecule has 1 aromatic carbocycles. The highest BCUT2D eigenvalue weighted by molar-refractivity contribution is 7.13. The summed E-state index contributed by atoms with van der Waals surface area (Å²) in [5.41, 5.74) is 4.02. The van der Waals surface area contributed by atoms with E-state index < -0.39 is 0 Å². The first-order chi connectivity index (χ1) is 14.1. The van der Waals surface area contributed by atoms with Crippen molar-refractivity contribution in [2.24, 2.45) is 0 Å². The van der Waals surface area contributed by atoms with Crippen molar-refractivity contribution >= 4 is 17.2 Å². The lowest BCUT2D eigenvalue weighted by Gasteiger charge is -2.37. The number of rotatable bonds is 4. The Morgan fingerprint density at radius 1 is 1.00 bits per heavy atom. The highest BCUT2D eigenvalue weighted by atomic mass is 32.1. The maximum atomic E-state index is 13.3. The smallest absolute Gasteiger partial charge is 0.256 e. The van der Waals surface area contributed by atoms with Gasteiger partial charge < -0.3 is 9.47 Å². The second-order valence-electron chi connectivity index (χ2n) is 7.36. The Morgan fingerprint density at radius 3 is 2.28 bits per heavy atom. The fourth-order valence-corrected chi connectivity index (χ4v) is 4.99. The molecule has 2 aromatic heterocycles. The van der Waals surface area contributed by atoms with Gasteiger partial charge in [0.1, 0.15) is 11.0 Å². The fraction of sp³-hybridized carbons (Fsp3) is 0.304. The van der Waals surface area contributed by atoms with Crippen LogP contribution in [0.2, 0.25) is 0 Å². The Balaban J connectivity index is 1.48. The van der Waals surface area contributed by atoms with Gasteiger partial charge in [0, 0.05) is 37.6 Å². The molecular formula is C23H24N4OS. The molecule has 148 valence electrons. The number of carbonyl (C=O) groups is 1. The van der Waals surface area contributed by atoms with E-state index in [1.165, 1.54) is 0 Å². The van der Waals surface area contributed by atoms with Crippen LogP contribution in [-0.2, 0) is 0 Å². The maximum absolute atomic E-state index is 13.3. The minimum atomic E-state index is -0.268. The van der Waals surface area contributed by atoms with Crippen molar-refractivity contribution in [2.75, 3.05) is 26.2 Å². The predicted molar refractivity (Wildman–Crippen MR) is 115 cm³/mol. The van der Waals surface area contributed by atoms with Gasteiger partial charge in [0.05, 0.1) is 11.6 Å². The van der Waals surface area contributed by atoms with E-state index in [1.807, 2.05) is 46.7 Å². The van der Waals surface area contributed by atoms with E-state index in [1.54, 1.807) is 11.3 Å². The predicted octanol–water partition coefficient (Wildman–Crippen LogP) is 4.18. The van der Waals surface area contributed by atoms with Crippen molar-refractivity contribution in [1.82, 2.24) is 14.4 Å². The summed E-state index contributed by atoms with van der Waals surface area (Å²) in [5.74, 6) is 0.0709. The summed E-state index contributed by atoms with van der Waals surface area (Å²) in [6, 6.07) is 18.1. The molecule has 0 radical (unpaired) electrons. The van der Waals surface area contributed by atoms with Crippen molar-refractivity contribution in [3.8, 4) is 11.1 Å². The maximum Gasteiger partial charge on any atom is 0.256 e. The lowest BCUT2D eigenvalue weighted by Crippen LogP contribution is -2.49. The summed E-state index contributed by atoms with van der Waals surface area (Å²) in [5, 5.41) is 12.6. The fourth-order valence-electron chi connectivity index (χ4n) is 3.98. The molecule has 1 atom stereocenters. The summed E-state index contributed by atoms with van der Waals surface area (Å²) in [4.78, 5) is 17.3. The second kappa shape index (κ2) is 8.24. The molecule has 3 heterocycles. The number of aromatic nitrogens is 1. The molecule has 3 aromatic rings. The van der Waals surface area contributed by atoms with Gasteiger partial charge in [0.15, 0.2) is 0 Å². The molecule has 0 N–H and O–H groups in total. The van der Waals surface area contributed by atoms with E-state index in [0.29, 0.717) is 26.2 Å². The third kappa shape index (κ3) is 3.71. The Hall–Kier alpha value is -2.88. The van der Waals surface area contributed by atoms with Crippen LogP contribution in [0, 0.1) is 25.2 Å². The van der Waals surface area contributed by atoms with Gasteiger partial charge in [-0.05, 0) is 43.0 Å². The molecule has 4 rings (SSSR count). The normalized spacial score (nSPS) is 15.8. The van der Waals surface area contributed by atoms with E-state index in [2.05, 4.69) is 41.5 Å². The number of hydrogen-bond acceptors (Lipinski definition) is 4. The lowest BCUT2D eigenvalue weighted by atomic mass is 10.1. The Kier molecular flexibility index (Phi) is 5.52. The van der Waals surface area contributed by atoms with Crippen LogP contribution in [0.4, 0.5) is 0 Å². The molecular weight excluding hydrogens is 380 g/mol. The first kappa shape index (κ1) is 19.4. The zero-order valence-electron chi connectivity index (χ0n) is 16.7. The summed E-state index contributed by atoms with van der Waals surface area (Å²) in [7, 11) is 0. The monoisotopic (exact) mass is 404 g/mol. The van der Waals surface area contributed by atoms with E-state index in [0.717, 1.165) is 27.5 Å². The number of nitrogens with zero attached hydrogens (tertiary/aromatic N) is 4. The number of nitriles is 1. The number of hydrogen-bond donors (Lipinski definition) is 0. The van der Waals surface area contributed by atoms with Crippen molar-refractivity contribution in [3.05, 3.63) is 76.4 Å². The number of benzene rings is 1. The van der Waals surface area contributed by atoms with Gasteiger partial charge in [-0.3, -0.25) is 9.69 Å². The van der Waals surface area contributed by atoms with Crippen molar-refractivity contribution in [2.45, 2.75) is 19.9 Å². The minimum absolute atomic E-state index is 0.0709. The molecule has 6 heteroatoms. The number of amides is 1. The molecule has 1 aliphatic rings. The Labute approximate surface area is 175 Å². The number of thiophene rings is 1. The van der Waals surface area contributed by atoms with Gasteiger partial charge in [-0.25, -0.2) is 0 Å². The van der Waals surface area contributed by atoms with Crippen LogP contribution in [0.1, 0.15) is 33.4 Å². The topological polar surface area (TPSA) is 52.3 Å². The molecule has 1 unspecified atom stereocenters. The highest BCUT2D eigenvalue weighted by Crippen LogP contribution is 2.28. The molecule has 1 fully saturated rings. The highest BCUT2D eigenvalue weighted by Gasteiger charge is 2.29. The van der Waals surface area contributed by atoms with E-state index in [9.17, 15) is 10.1 Å². The molecule has 29 heavy (non-hydrogen) atoms. The molecule has 1 saturated heterocycles. The van der Waals surface area contributed by atoms with E-state index >= 15 is 0 Å². The van der Waals surface area contributed by atoms with Gasteiger partial charge in [0.25, 0.3) is 5.91 Å². The van der Waals surface area contributed by atoms with Crippen LogP contribution in [0.5, 0.6) is 0 Å². The molecule has 1 aliphatic heterocycles. The number of piperazine rings is 1. The van der Waals surface area contributed by atoms with Crippen LogP contribution in [0.3, 0.4) is 0 Å². The van der Waals surface area contributed by atoms with Gasteiger partial charge >= 0.3 is 0 Å². The molecule has 5 nitrogen and oxygen atoms in total. The summed E-state index contributed by atoms with van der Waals surface area (Å²) in [6.45, 7) is 6.77. The number of aryl methyl sites for hydroxylation is 2. The van der Waals surface area contributed by atoms with Crippen LogP contribution < -0.4 is 0 Å². The van der Waals surface area contributed by atoms with Gasteiger partial charge in [-0.1, -0.05) is 30.3 Å². The zero-order chi connectivity index (χ0) is 20.4. The third-order valence-electron chi connectivity index (χ3n) is 5.55. The van der Waals surface area contributed by atoms with Crippen molar-refractivity contribution in [3.63, 3.8) is 0 Å². The third-order valence-corrected chi connectivity index (χ3v) is 6.45. The first-order valence-electron chi connectivity index (χ1n) is 9.81. The lowest BCUT2D eigenvalue weighted by molar-refractivity contribution is 0.0607. The van der Waals surface area contributed by atoms with Crippen LogP contribution in [0.25, 0.3) is 5.00 Å². The van der Waals surface area contributed by atoms with Crippen molar-refractivity contribution in [1.29, 1.82) is 5.26 Å². The largest absolute Gasteiger partial charge is 0.336 e. The molecule has 0 aliphatic carbocycles. The zero-order valence-corrected chi connectivity index (χ0v) is 17.5. The second-order valence-corrected chi connectivity index (χ2v) is 8.26. The molecule has 0 saturated carbocycles. The van der Waals surface area contributed by atoms with Crippen LogP contribution in [0.15, 0.2) is 53.9 Å². The first-order valence-corrected chi connectivity index (χ1v) is 10.7. The summed E-state index contributed by atoms with van der Waals surface area (Å²) >= 11 is 1.60. The van der Waals surface area contributed by atoms with Crippen LogP contribution >= 0.6 is 11.3 Å². The Morgan fingerprint density at radius 2 is 1.66 bits per heavy atom. The van der Waals surface area contributed by atoms with E-state index in [-0.39, 0.29) is 11.9 Å². The minimum Gasteiger partial charge on any atom is -0.336 e. The molecule has 1 amide bonds. The SMILES string of the molecule is Cc1ccc(C)n1-c1sccc1C(=O)N1CCN(C(C#N)c2ccccc2)CC1. The molecule has 0 bridgehead atoms. The van der Waals surface area contributed by atoms with Crippen LogP contribution in [-0.4, -0.2) is 46.5 Å². The Bertz CT molecular complexity index is 1020. The van der Waals surface area contributed by atoms with Gasteiger partial charge in [-0.15, -0.1) is 11.3 Å².